The summed E-state index contributed by atoms with van der Waals surface area (Å²) in [4.78, 5) is 25.4. The number of nitrogens with zero attached hydrogens (tertiary/aromatic N) is 3. The van der Waals surface area contributed by atoms with Gasteiger partial charge in [-0.25, -0.2) is 4.98 Å². The molecule has 0 amide bonds. The molecule has 0 aliphatic carbocycles. The smallest absolute Gasteiger partial charge is 0.248 e. The van der Waals surface area contributed by atoms with Crippen molar-refractivity contribution < 1.29 is 0 Å². The van der Waals surface area contributed by atoms with Gasteiger partial charge in [-0.05, 0) is 0 Å². The molecule has 6 nitrogen and oxygen atoms in total. The van der Waals surface area contributed by atoms with Gasteiger partial charge in [0.05, 0.1) is 12.2 Å². The Bertz CT molecular complexity index is 521. The van der Waals surface area contributed by atoms with Crippen LogP contribution < -0.4 is 16.2 Å². The molecule has 6 heteroatoms. The Morgan fingerprint density at radius 3 is 2.79 bits per heavy atom. The summed E-state index contributed by atoms with van der Waals surface area (Å²) in [6.45, 7) is 0.353. The van der Waals surface area contributed by atoms with E-state index in [0.29, 0.717) is 18.1 Å². The summed E-state index contributed by atoms with van der Waals surface area (Å²) in [5.41, 5.74) is -0.593. The normalized spacial score (nSPS) is 10.6. The molecule has 0 spiro atoms. The summed E-state index contributed by atoms with van der Waals surface area (Å²) in [5, 5.41) is 6.79. The molecule has 0 saturated heterocycles. The van der Waals surface area contributed by atoms with Crippen LogP contribution in [0.5, 0.6) is 0 Å². The third-order valence-electron chi connectivity index (χ3n) is 1.83. The molecule has 1 heterocycles. The van der Waals surface area contributed by atoms with E-state index in [-0.39, 0.29) is 0 Å². The summed E-state index contributed by atoms with van der Waals surface area (Å²) < 4.78 is 1.57. The van der Waals surface area contributed by atoms with E-state index < -0.39 is 10.9 Å². The minimum absolute atomic E-state index is 0.336. The summed E-state index contributed by atoms with van der Waals surface area (Å²) in [6.07, 6.45) is 1.57. The molecule has 72 valence electrons. The maximum absolute atomic E-state index is 10.9. The van der Waals surface area contributed by atoms with Crippen LogP contribution in [0.15, 0.2) is 22.0 Å². The van der Waals surface area contributed by atoms with Crippen molar-refractivity contribution in [3.63, 3.8) is 0 Å². The van der Waals surface area contributed by atoms with Crippen LogP contribution in [-0.2, 0) is 13.6 Å². The third-order valence-corrected chi connectivity index (χ3v) is 1.83. The summed E-state index contributed by atoms with van der Waals surface area (Å²) in [6, 6.07) is 1.27. The molecule has 1 aromatic heterocycles. The first-order chi connectivity index (χ1) is 6.66. The van der Waals surface area contributed by atoms with Crippen LogP contribution in [0.3, 0.4) is 0 Å². The Morgan fingerprint density at radius 2 is 2.29 bits per heavy atom. The fourth-order valence-electron chi connectivity index (χ4n) is 1.09. The maximum atomic E-state index is 10.9. The van der Waals surface area contributed by atoms with Crippen molar-refractivity contribution in [1.29, 1.82) is 0 Å². The minimum Gasteiger partial charge on any atom is -0.374 e. The first kappa shape index (κ1) is 8.61. The van der Waals surface area contributed by atoms with Crippen LogP contribution >= 0.6 is 0 Å². The largest absolute Gasteiger partial charge is 0.374 e. The lowest BCUT2D eigenvalue weighted by Gasteiger charge is -2.02. The van der Waals surface area contributed by atoms with Gasteiger partial charge in [0, 0.05) is 13.1 Å². The van der Waals surface area contributed by atoms with Crippen molar-refractivity contribution in [3.8, 4) is 0 Å². The van der Waals surface area contributed by atoms with E-state index in [1.165, 1.54) is 6.07 Å². The highest BCUT2D eigenvalue weighted by atomic mass is 16.2. The Kier molecular flexibility index (Phi) is 1.88. The number of rotatable bonds is 3. The van der Waals surface area contributed by atoms with Gasteiger partial charge < -0.3 is 5.32 Å². The molecule has 0 fully saturated rings. The van der Waals surface area contributed by atoms with E-state index in [2.05, 4.69) is 15.4 Å². The number of aromatic nitrogens is 3. The molecule has 0 radical (unpaired) electrons. The van der Waals surface area contributed by atoms with Gasteiger partial charge in [-0.2, -0.15) is 5.10 Å². The Hall–Kier alpha value is -1.98. The Labute approximate surface area is 78.9 Å². The molecule has 0 bridgehead atoms. The molecular formula is C8H8N4O2. The zero-order valence-electron chi connectivity index (χ0n) is 7.52. The molecule has 14 heavy (non-hydrogen) atoms. The van der Waals surface area contributed by atoms with Gasteiger partial charge in [0.25, 0.3) is 0 Å². The van der Waals surface area contributed by atoms with Crippen molar-refractivity contribution in [1.82, 2.24) is 14.8 Å². The zero-order chi connectivity index (χ0) is 10.1. The monoisotopic (exact) mass is 192 g/mol. The lowest BCUT2D eigenvalue weighted by atomic mass is 10.2. The molecular weight excluding hydrogens is 184 g/mol. The number of hydrogen-bond acceptors (Lipinski definition) is 5. The highest BCUT2D eigenvalue weighted by Gasteiger charge is 2.08. The topological polar surface area (TPSA) is 76.9 Å². The average Bonchev–Trinajstić information content (AvgIpc) is 2.58. The molecule has 1 aromatic carbocycles. The Morgan fingerprint density at radius 1 is 1.50 bits per heavy atom. The lowest BCUT2D eigenvalue weighted by molar-refractivity contribution is 0.747. The van der Waals surface area contributed by atoms with Crippen LogP contribution in [0.25, 0.3) is 0 Å². The molecule has 1 N–H and O–H groups in total. The van der Waals surface area contributed by atoms with Crippen LogP contribution in [0, 0.1) is 0 Å². The SMILES string of the molecule is Cn1cnc(CNc2cc(=O)c2=O)n1. The van der Waals surface area contributed by atoms with E-state index in [0.717, 1.165) is 0 Å². The average molecular weight is 192 g/mol. The van der Waals surface area contributed by atoms with Crippen LogP contribution in [0.2, 0.25) is 0 Å². The second-order valence-electron chi connectivity index (χ2n) is 2.94. The third kappa shape index (κ3) is 1.41. The van der Waals surface area contributed by atoms with E-state index in [1.54, 1.807) is 18.1 Å². The van der Waals surface area contributed by atoms with Gasteiger partial charge in [-0.1, -0.05) is 0 Å². The molecule has 0 aliphatic heterocycles. The highest BCUT2D eigenvalue weighted by Crippen LogP contribution is 1.98. The maximum Gasteiger partial charge on any atom is 0.248 e. The minimum atomic E-state index is -0.471. The molecule has 0 unspecified atom stereocenters. The Balaban J connectivity index is 2.00. The number of hydrogen-bond donors (Lipinski definition) is 1. The zero-order valence-corrected chi connectivity index (χ0v) is 7.52. The fourth-order valence-corrected chi connectivity index (χ4v) is 1.09. The quantitative estimate of drug-likeness (QED) is 0.633. The van der Waals surface area contributed by atoms with E-state index in [4.69, 9.17) is 0 Å². The van der Waals surface area contributed by atoms with Gasteiger partial charge in [0.2, 0.25) is 10.9 Å². The van der Waals surface area contributed by atoms with Gasteiger partial charge >= 0.3 is 0 Å². The van der Waals surface area contributed by atoms with E-state index in [9.17, 15) is 9.59 Å². The van der Waals surface area contributed by atoms with E-state index in [1.807, 2.05) is 0 Å². The summed E-state index contributed by atoms with van der Waals surface area (Å²) >= 11 is 0. The molecule has 0 atom stereocenters. The number of anilines is 1. The lowest BCUT2D eigenvalue weighted by Crippen LogP contribution is -2.32. The van der Waals surface area contributed by atoms with Crippen LogP contribution in [0.1, 0.15) is 5.82 Å². The molecule has 2 rings (SSSR count). The summed E-state index contributed by atoms with van der Waals surface area (Å²) in [5.74, 6) is 0.584. The predicted octanol–water partition coefficient (Wildman–Crippen LogP) is -0.977. The second kappa shape index (κ2) is 3.06. The van der Waals surface area contributed by atoms with Gasteiger partial charge in [-0.3, -0.25) is 14.3 Å². The highest BCUT2D eigenvalue weighted by molar-refractivity contribution is 5.46. The second-order valence-corrected chi connectivity index (χ2v) is 2.94. The first-order valence-corrected chi connectivity index (χ1v) is 4.05. The van der Waals surface area contributed by atoms with Crippen molar-refractivity contribution in [3.05, 3.63) is 38.7 Å². The molecule has 0 saturated carbocycles. The van der Waals surface area contributed by atoms with Gasteiger partial charge in [-0.15, -0.1) is 0 Å². The molecule has 0 aliphatic rings. The van der Waals surface area contributed by atoms with Gasteiger partial charge in [0.1, 0.15) is 6.33 Å². The number of aryl methyl sites for hydroxylation is 1. The first-order valence-electron chi connectivity index (χ1n) is 4.05. The van der Waals surface area contributed by atoms with Crippen molar-refractivity contribution in [2.75, 3.05) is 5.32 Å². The number of nitrogens with one attached hydrogen (secondary N) is 1. The fraction of sp³-hybridized carbons (Fsp3) is 0.250. The molecule has 2 aromatic rings. The van der Waals surface area contributed by atoms with Crippen LogP contribution in [-0.4, -0.2) is 14.8 Å². The van der Waals surface area contributed by atoms with Crippen LogP contribution in [0.4, 0.5) is 5.69 Å². The van der Waals surface area contributed by atoms with Crippen molar-refractivity contribution in [2.24, 2.45) is 7.05 Å². The predicted molar refractivity (Wildman–Crippen MR) is 49.7 cm³/mol. The standard InChI is InChI=1S/C8H8N4O2/c1-12-4-10-7(11-12)3-9-5-2-6(13)8(5)14/h2,4,9H,3H2,1H3. The van der Waals surface area contributed by atoms with Crippen molar-refractivity contribution >= 4 is 5.69 Å². The van der Waals surface area contributed by atoms with Gasteiger partial charge in [0.15, 0.2) is 5.82 Å². The van der Waals surface area contributed by atoms with E-state index >= 15 is 0 Å². The van der Waals surface area contributed by atoms with Crippen molar-refractivity contribution in [2.45, 2.75) is 6.54 Å². The summed E-state index contributed by atoms with van der Waals surface area (Å²) in [7, 11) is 1.76.